The maximum Gasteiger partial charge on any atom is 0.120 e. The number of nitrogens with zero attached hydrogens (tertiary/aromatic N) is 2. The van der Waals surface area contributed by atoms with Crippen molar-refractivity contribution in [3.8, 4) is 33.6 Å². The fraction of sp³-hybridized carbons (Fsp3) is 0.0476. The van der Waals surface area contributed by atoms with Crippen molar-refractivity contribution in [1.29, 1.82) is 0 Å². The van der Waals surface area contributed by atoms with Crippen molar-refractivity contribution in [2.24, 2.45) is 0 Å². The van der Waals surface area contributed by atoms with Gasteiger partial charge in [-0.05, 0) is 58.6 Å². The molecule has 0 fully saturated rings. The Morgan fingerprint density at radius 3 is 2.09 bits per heavy atom. The standard InChI is InChI=1S/C25H18NO.C17H12N.Ir/c1-17-16-26-23(15-20(17)13-18-7-3-2-4-8-18)19-11-12-25-22(14-19)21-9-5-6-10-24(21)27-25;1-3-7-14(8-4-1)16-11-12-17(18-13-16)15-9-5-2-6-10-15;/h2-10,12,14-16H,13H2,1H3;1-9,11-13H;/q2*-1;. The summed E-state index contributed by atoms with van der Waals surface area (Å²) in [6, 6.07) is 53.7. The molecule has 3 heterocycles. The molecule has 0 aliphatic carbocycles. The van der Waals surface area contributed by atoms with E-state index in [1.165, 1.54) is 22.3 Å². The van der Waals surface area contributed by atoms with Gasteiger partial charge in [-0.2, -0.15) is 0 Å². The first-order valence-corrected chi connectivity index (χ1v) is 15.0. The Kier molecular flexibility index (Phi) is 9.59. The van der Waals surface area contributed by atoms with Crippen LogP contribution in [0.1, 0.15) is 16.7 Å². The summed E-state index contributed by atoms with van der Waals surface area (Å²) in [7, 11) is 0. The largest absolute Gasteiger partial charge is 0.500 e. The van der Waals surface area contributed by atoms with Crippen molar-refractivity contribution in [2.45, 2.75) is 13.3 Å². The second-order valence-electron chi connectivity index (χ2n) is 11.0. The van der Waals surface area contributed by atoms with Gasteiger partial charge in [0.15, 0.2) is 0 Å². The first-order chi connectivity index (χ1) is 22.2. The molecule has 8 rings (SSSR count). The van der Waals surface area contributed by atoms with Gasteiger partial charge in [0.2, 0.25) is 0 Å². The van der Waals surface area contributed by atoms with Gasteiger partial charge in [0, 0.05) is 37.9 Å². The SMILES string of the molecule is Cc1cnc(-c2[c-]cc3oc4ccccc4c3c2)cc1Cc1ccccc1.[Ir].[c-]1ccccc1-c1ccc(-c2ccccc2)cn1. The van der Waals surface area contributed by atoms with Crippen molar-refractivity contribution in [3.63, 3.8) is 0 Å². The van der Waals surface area contributed by atoms with Crippen LogP contribution in [0, 0.1) is 19.1 Å². The quantitative estimate of drug-likeness (QED) is 0.164. The Labute approximate surface area is 283 Å². The molecule has 3 aromatic heterocycles. The van der Waals surface area contributed by atoms with Crippen LogP contribution < -0.4 is 0 Å². The first kappa shape index (κ1) is 30.9. The van der Waals surface area contributed by atoms with E-state index in [2.05, 4.69) is 89.7 Å². The summed E-state index contributed by atoms with van der Waals surface area (Å²) in [5.74, 6) is 0. The summed E-state index contributed by atoms with van der Waals surface area (Å²) in [6.45, 7) is 2.12. The van der Waals surface area contributed by atoms with Gasteiger partial charge in [0.05, 0.1) is 5.58 Å². The monoisotopic (exact) mass is 771 g/mol. The van der Waals surface area contributed by atoms with E-state index in [4.69, 9.17) is 4.42 Å². The van der Waals surface area contributed by atoms with Crippen LogP contribution in [-0.2, 0) is 26.5 Å². The molecule has 0 atom stereocenters. The summed E-state index contributed by atoms with van der Waals surface area (Å²) < 4.78 is 5.91. The number of rotatable bonds is 5. The first-order valence-electron chi connectivity index (χ1n) is 15.0. The van der Waals surface area contributed by atoms with Crippen LogP contribution >= 0.6 is 0 Å². The Morgan fingerprint density at radius 2 is 1.33 bits per heavy atom. The van der Waals surface area contributed by atoms with E-state index >= 15 is 0 Å². The van der Waals surface area contributed by atoms with Gasteiger partial charge in [-0.15, -0.1) is 59.7 Å². The number of aryl methyl sites for hydroxylation is 1. The second-order valence-corrected chi connectivity index (χ2v) is 11.0. The molecule has 0 aliphatic rings. The van der Waals surface area contributed by atoms with Crippen LogP contribution in [0.2, 0.25) is 0 Å². The molecule has 0 aliphatic heterocycles. The minimum Gasteiger partial charge on any atom is -0.500 e. The molecule has 0 amide bonds. The number of hydrogen-bond donors (Lipinski definition) is 0. The zero-order chi connectivity index (χ0) is 30.4. The molecule has 1 radical (unpaired) electrons. The van der Waals surface area contributed by atoms with E-state index in [-0.39, 0.29) is 20.1 Å². The molecule has 8 aromatic rings. The molecule has 0 spiro atoms. The molecule has 3 nitrogen and oxygen atoms in total. The van der Waals surface area contributed by atoms with Crippen molar-refractivity contribution < 1.29 is 24.5 Å². The zero-order valence-corrected chi connectivity index (χ0v) is 27.7. The molecule has 46 heavy (non-hydrogen) atoms. The third kappa shape index (κ3) is 6.89. The van der Waals surface area contributed by atoms with Crippen LogP contribution in [0.25, 0.3) is 55.6 Å². The molecule has 0 unspecified atom stereocenters. The molecule has 0 saturated carbocycles. The molecule has 4 heteroatoms. The van der Waals surface area contributed by atoms with Gasteiger partial charge < -0.3 is 14.4 Å². The summed E-state index contributed by atoms with van der Waals surface area (Å²) >= 11 is 0. The predicted molar refractivity (Wildman–Crippen MR) is 184 cm³/mol. The van der Waals surface area contributed by atoms with E-state index in [1.807, 2.05) is 91.3 Å². The Balaban J connectivity index is 0.000000171. The van der Waals surface area contributed by atoms with Crippen LogP contribution in [0.5, 0.6) is 0 Å². The molecular formula is C42H30IrN2O-2. The molecule has 0 N–H and O–H groups in total. The van der Waals surface area contributed by atoms with Gasteiger partial charge in [0.25, 0.3) is 0 Å². The smallest absolute Gasteiger partial charge is 0.120 e. The van der Waals surface area contributed by atoms with Crippen molar-refractivity contribution in [3.05, 3.63) is 181 Å². The minimum absolute atomic E-state index is 0. The van der Waals surface area contributed by atoms with E-state index < -0.39 is 0 Å². The maximum atomic E-state index is 5.91. The fourth-order valence-electron chi connectivity index (χ4n) is 5.44. The molecule has 0 saturated heterocycles. The van der Waals surface area contributed by atoms with E-state index in [0.717, 1.165) is 56.4 Å². The topological polar surface area (TPSA) is 38.9 Å². The summed E-state index contributed by atoms with van der Waals surface area (Å²) in [6.07, 6.45) is 4.77. The average Bonchev–Trinajstić information content (AvgIpc) is 3.49. The Hall–Kier alpha value is -5.15. The minimum atomic E-state index is 0. The number of hydrogen-bond acceptors (Lipinski definition) is 3. The van der Waals surface area contributed by atoms with Crippen LogP contribution in [-0.4, -0.2) is 9.97 Å². The van der Waals surface area contributed by atoms with Gasteiger partial charge in [0.1, 0.15) is 5.58 Å². The normalized spacial score (nSPS) is 10.6. The fourth-order valence-corrected chi connectivity index (χ4v) is 5.44. The van der Waals surface area contributed by atoms with Gasteiger partial charge >= 0.3 is 0 Å². The maximum absolute atomic E-state index is 5.91. The number of aromatic nitrogens is 2. The summed E-state index contributed by atoms with van der Waals surface area (Å²) in [5, 5.41) is 2.23. The van der Waals surface area contributed by atoms with Crippen LogP contribution in [0.15, 0.2) is 156 Å². The third-order valence-electron chi connectivity index (χ3n) is 7.89. The van der Waals surface area contributed by atoms with Crippen LogP contribution in [0.4, 0.5) is 0 Å². The zero-order valence-electron chi connectivity index (χ0n) is 25.3. The van der Waals surface area contributed by atoms with Gasteiger partial charge in [-0.3, -0.25) is 0 Å². The molecule has 5 aromatic carbocycles. The average molecular weight is 771 g/mol. The Bertz CT molecular complexity index is 2120. The number of para-hydroxylation sites is 1. The molecule has 0 bridgehead atoms. The van der Waals surface area contributed by atoms with Gasteiger partial charge in [-0.25, -0.2) is 0 Å². The number of pyridine rings is 2. The number of furan rings is 1. The van der Waals surface area contributed by atoms with E-state index in [1.54, 1.807) is 0 Å². The summed E-state index contributed by atoms with van der Waals surface area (Å²) in [5.41, 5.74) is 11.8. The van der Waals surface area contributed by atoms with E-state index in [9.17, 15) is 0 Å². The van der Waals surface area contributed by atoms with Crippen molar-refractivity contribution in [1.82, 2.24) is 9.97 Å². The summed E-state index contributed by atoms with van der Waals surface area (Å²) in [4.78, 5) is 9.15. The number of benzene rings is 5. The predicted octanol–water partition coefficient (Wildman–Crippen LogP) is 10.6. The third-order valence-corrected chi connectivity index (χ3v) is 7.89. The van der Waals surface area contributed by atoms with Crippen LogP contribution in [0.3, 0.4) is 0 Å². The number of fused-ring (bicyclic) bond motifs is 3. The van der Waals surface area contributed by atoms with Crippen molar-refractivity contribution in [2.75, 3.05) is 0 Å². The Morgan fingerprint density at radius 1 is 0.587 bits per heavy atom. The van der Waals surface area contributed by atoms with Gasteiger partial charge in [-0.1, -0.05) is 102 Å². The van der Waals surface area contributed by atoms with E-state index in [0.29, 0.717) is 0 Å². The van der Waals surface area contributed by atoms with Crippen molar-refractivity contribution >= 4 is 21.9 Å². The second kappa shape index (κ2) is 14.3. The molecule has 225 valence electrons. The molecular weight excluding hydrogens is 741 g/mol.